The van der Waals surface area contributed by atoms with E-state index in [1.165, 1.54) is 36.5 Å². The fourth-order valence-corrected chi connectivity index (χ4v) is 3.69. The molecule has 2 atom stereocenters. The number of hydrogen-bond donors (Lipinski definition) is 1. The van der Waals surface area contributed by atoms with Crippen LogP contribution in [-0.4, -0.2) is 11.1 Å². The van der Waals surface area contributed by atoms with Crippen molar-refractivity contribution < 1.29 is 9.90 Å². The van der Waals surface area contributed by atoms with Crippen LogP contribution in [0.1, 0.15) is 60.3 Å². The van der Waals surface area contributed by atoms with Gasteiger partial charge in [-0.1, -0.05) is 50.6 Å². The molecule has 0 radical (unpaired) electrons. The Morgan fingerprint density at radius 2 is 2.00 bits per heavy atom. The average molecular weight is 314 g/mol. The van der Waals surface area contributed by atoms with Gasteiger partial charge in [-0.2, -0.15) is 0 Å². The third kappa shape index (κ3) is 4.46. The van der Waals surface area contributed by atoms with Crippen molar-refractivity contribution in [1.29, 1.82) is 0 Å². The molecule has 0 bridgehead atoms. The number of hydrogen-bond acceptors (Lipinski definition) is 1. The van der Waals surface area contributed by atoms with E-state index in [1.807, 2.05) is 13.0 Å². The van der Waals surface area contributed by atoms with Crippen LogP contribution in [-0.2, 0) is 4.79 Å². The first kappa shape index (κ1) is 17.8. The SMILES string of the molecule is CC1=C(/C=C/[C@@]2(C)C[C@H]2/C=C/C(C)=C/C(=O)O)C(C)(C)CCC1. The second-order valence-corrected chi connectivity index (χ2v) is 8.17. The molecular formula is C21H30O2. The quantitative estimate of drug-likeness (QED) is 0.523. The van der Waals surface area contributed by atoms with E-state index < -0.39 is 5.97 Å². The van der Waals surface area contributed by atoms with Crippen molar-refractivity contribution in [2.75, 3.05) is 0 Å². The first-order valence-corrected chi connectivity index (χ1v) is 8.63. The second kappa shape index (κ2) is 6.51. The number of aliphatic carboxylic acids is 1. The number of carboxylic acids is 1. The number of allylic oxidation sites excluding steroid dienone is 7. The molecule has 2 nitrogen and oxygen atoms in total. The van der Waals surface area contributed by atoms with E-state index in [4.69, 9.17) is 5.11 Å². The Morgan fingerprint density at radius 3 is 2.61 bits per heavy atom. The van der Waals surface area contributed by atoms with Gasteiger partial charge in [0.1, 0.15) is 0 Å². The predicted molar refractivity (Wildman–Crippen MR) is 96.2 cm³/mol. The lowest BCUT2D eigenvalue weighted by atomic mass is 9.72. The Morgan fingerprint density at radius 1 is 1.30 bits per heavy atom. The van der Waals surface area contributed by atoms with Gasteiger partial charge in [0, 0.05) is 6.08 Å². The Hall–Kier alpha value is -1.57. The van der Waals surface area contributed by atoms with Crippen molar-refractivity contribution in [3.63, 3.8) is 0 Å². The Balaban J connectivity index is 2.04. The predicted octanol–water partition coefficient (Wildman–Crippen LogP) is 5.68. The lowest BCUT2D eigenvalue weighted by molar-refractivity contribution is -0.131. The summed E-state index contributed by atoms with van der Waals surface area (Å²) < 4.78 is 0. The van der Waals surface area contributed by atoms with Crippen molar-refractivity contribution in [1.82, 2.24) is 0 Å². The van der Waals surface area contributed by atoms with Gasteiger partial charge in [-0.05, 0) is 67.4 Å². The summed E-state index contributed by atoms with van der Waals surface area (Å²) in [5.74, 6) is -0.365. The van der Waals surface area contributed by atoms with E-state index in [0.717, 1.165) is 12.0 Å². The van der Waals surface area contributed by atoms with Crippen molar-refractivity contribution in [2.45, 2.75) is 60.3 Å². The van der Waals surface area contributed by atoms with Crippen LogP contribution in [0.5, 0.6) is 0 Å². The molecule has 1 fully saturated rings. The normalized spacial score (nSPS) is 31.2. The van der Waals surface area contributed by atoms with Crippen molar-refractivity contribution in [2.24, 2.45) is 16.7 Å². The summed E-state index contributed by atoms with van der Waals surface area (Å²) in [6.07, 6.45) is 15.0. The molecule has 0 amide bonds. The molecule has 0 heterocycles. The lowest BCUT2D eigenvalue weighted by Crippen LogP contribution is -2.19. The molecule has 0 unspecified atom stereocenters. The molecule has 2 rings (SSSR count). The van der Waals surface area contributed by atoms with Gasteiger partial charge in [-0.3, -0.25) is 0 Å². The van der Waals surface area contributed by atoms with Gasteiger partial charge < -0.3 is 5.11 Å². The standard InChI is InChI=1S/C21H30O2/c1-15(13-19(22)23)8-9-17-14-21(17,5)12-10-18-16(2)7-6-11-20(18,3)4/h8-10,12-13,17H,6-7,11,14H2,1-5H3,(H,22,23)/b9-8+,12-10+,15-13+/t17-,21+/m1/s1. The van der Waals surface area contributed by atoms with E-state index in [2.05, 4.69) is 45.9 Å². The molecule has 126 valence electrons. The minimum atomic E-state index is -0.882. The number of rotatable bonds is 5. The largest absolute Gasteiger partial charge is 0.478 e. The first-order chi connectivity index (χ1) is 10.6. The van der Waals surface area contributed by atoms with Gasteiger partial charge in [0.05, 0.1) is 0 Å². The monoisotopic (exact) mass is 314 g/mol. The zero-order valence-electron chi connectivity index (χ0n) is 15.1. The molecule has 0 aromatic heterocycles. The fraction of sp³-hybridized carbons (Fsp3) is 0.571. The molecule has 2 aliphatic carbocycles. The summed E-state index contributed by atoms with van der Waals surface area (Å²) in [6.45, 7) is 11.1. The maximum atomic E-state index is 10.6. The molecular weight excluding hydrogens is 284 g/mol. The molecule has 0 aromatic carbocycles. The van der Waals surface area contributed by atoms with Gasteiger partial charge in [0.15, 0.2) is 0 Å². The van der Waals surface area contributed by atoms with Crippen molar-refractivity contribution >= 4 is 5.97 Å². The van der Waals surface area contributed by atoms with Crippen molar-refractivity contribution in [3.05, 3.63) is 47.1 Å². The van der Waals surface area contributed by atoms with Gasteiger partial charge in [0.2, 0.25) is 0 Å². The van der Waals surface area contributed by atoms with Gasteiger partial charge >= 0.3 is 5.97 Å². The summed E-state index contributed by atoms with van der Waals surface area (Å²) in [5, 5.41) is 8.74. The summed E-state index contributed by atoms with van der Waals surface area (Å²) >= 11 is 0. The van der Waals surface area contributed by atoms with Crippen LogP contribution in [0.2, 0.25) is 0 Å². The summed E-state index contributed by atoms with van der Waals surface area (Å²) in [5.41, 5.74) is 4.36. The second-order valence-electron chi connectivity index (χ2n) is 8.17. The number of carbonyl (C=O) groups is 1. The fourth-order valence-electron chi connectivity index (χ4n) is 3.69. The van der Waals surface area contributed by atoms with Crippen LogP contribution in [0.3, 0.4) is 0 Å². The van der Waals surface area contributed by atoms with Crippen LogP contribution in [0.15, 0.2) is 47.1 Å². The maximum absolute atomic E-state index is 10.6. The smallest absolute Gasteiger partial charge is 0.328 e. The van der Waals surface area contributed by atoms with Crippen molar-refractivity contribution in [3.8, 4) is 0 Å². The highest BCUT2D eigenvalue weighted by molar-refractivity contribution is 5.81. The Labute approximate surface area is 140 Å². The molecule has 0 aromatic rings. The van der Waals surface area contributed by atoms with Gasteiger partial charge in [-0.25, -0.2) is 4.79 Å². The first-order valence-electron chi connectivity index (χ1n) is 8.63. The molecule has 1 saturated carbocycles. The Kier molecular flexibility index (Phi) is 5.03. The summed E-state index contributed by atoms with van der Waals surface area (Å²) in [6, 6.07) is 0. The minimum Gasteiger partial charge on any atom is -0.478 e. The highest BCUT2D eigenvalue weighted by atomic mass is 16.4. The third-order valence-corrected chi connectivity index (χ3v) is 5.46. The molecule has 0 saturated heterocycles. The van der Waals surface area contributed by atoms with Gasteiger partial charge in [0.25, 0.3) is 0 Å². The van der Waals surface area contributed by atoms with Crippen LogP contribution in [0, 0.1) is 16.7 Å². The van der Waals surface area contributed by atoms with Gasteiger partial charge in [-0.15, -0.1) is 0 Å². The highest BCUT2D eigenvalue weighted by Gasteiger charge is 2.46. The topological polar surface area (TPSA) is 37.3 Å². The molecule has 2 aliphatic rings. The molecule has 0 aliphatic heterocycles. The zero-order chi connectivity index (χ0) is 17.3. The van der Waals surface area contributed by atoms with E-state index in [9.17, 15) is 4.79 Å². The number of carboxylic acid groups (broad SMARTS) is 1. The van der Waals surface area contributed by atoms with E-state index in [0.29, 0.717) is 5.92 Å². The zero-order valence-corrected chi connectivity index (χ0v) is 15.1. The van der Waals surface area contributed by atoms with Crippen LogP contribution in [0.4, 0.5) is 0 Å². The molecule has 2 heteroatoms. The summed E-state index contributed by atoms with van der Waals surface area (Å²) in [4.78, 5) is 10.6. The molecule has 1 N–H and O–H groups in total. The highest BCUT2D eigenvalue weighted by Crippen LogP contribution is 2.55. The van der Waals surface area contributed by atoms with E-state index in [1.54, 1.807) is 0 Å². The van der Waals surface area contributed by atoms with E-state index >= 15 is 0 Å². The molecule has 23 heavy (non-hydrogen) atoms. The van der Waals surface area contributed by atoms with Crippen LogP contribution >= 0.6 is 0 Å². The van der Waals surface area contributed by atoms with Crippen LogP contribution in [0.25, 0.3) is 0 Å². The summed E-state index contributed by atoms with van der Waals surface area (Å²) in [7, 11) is 0. The lowest BCUT2D eigenvalue weighted by Gasteiger charge is -2.33. The third-order valence-electron chi connectivity index (χ3n) is 5.46. The Bertz CT molecular complexity index is 601. The average Bonchev–Trinajstić information content (AvgIpc) is 3.05. The van der Waals surface area contributed by atoms with Crippen LogP contribution < -0.4 is 0 Å². The molecule has 0 spiro atoms. The minimum absolute atomic E-state index is 0.223. The van der Waals surface area contributed by atoms with E-state index in [-0.39, 0.29) is 10.8 Å². The maximum Gasteiger partial charge on any atom is 0.328 e.